The number of ether oxygens (including phenoxy) is 1. The number of hydrogen-bond acceptors (Lipinski definition) is 4. The van der Waals surface area contributed by atoms with Crippen LogP contribution in [0.25, 0.3) is 22.1 Å². The van der Waals surface area contributed by atoms with E-state index in [9.17, 15) is 4.79 Å². The Morgan fingerprint density at radius 3 is 2.59 bits per heavy atom. The smallest absolute Gasteiger partial charge is 0.274 e. The summed E-state index contributed by atoms with van der Waals surface area (Å²) in [7, 11) is 0. The van der Waals surface area contributed by atoms with Crippen LogP contribution in [0.3, 0.4) is 0 Å². The summed E-state index contributed by atoms with van der Waals surface area (Å²) in [4.78, 5) is 18.7. The lowest BCUT2D eigenvalue weighted by Gasteiger charge is -2.12. The average Bonchev–Trinajstić information content (AvgIpc) is 3.24. The van der Waals surface area contributed by atoms with E-state index in [0.717, 1.165) is 36.7 Å². The van der Waals surface area contributed by atoms with Crippen LogP contribution < -0.4 is 14.8 Å². The molecule has 0 aliphatic carbocycles. The van der Waals surface area contributed by atoms with Gasteiger partial charge in [-0.1, -0.05) is 57.6 Å². The number of benzene rings is 3. The highest BCUT2D eigenvalue weighted by Crippen LogP contribution is 2.34. The molecule has 0 aliphatic heterocycles. The predicted octanol–water partition coefficient (Wildman–Crippen LogP) is 6.18. The largest absolute Gasteiger partial charge is 0.487 e. The molecular weight excluding hydrogens is 552 g/mol. The van der Waals surface area contributed by atoms with Crippen molar-refractivity contribution in [2.75, 3.05) is 0 Å². The van der Waals surface area contributed by atoms with Crippen molar-refractivity contribution in [3.05, 3.63) is 101 Å². The first kappa shape index (κ1) is 21.4. The predicted molar refractivity (Wildman–Crippen MR) is 138 cm³/mol. The van der Waals surface area contributed by atoms with Crippen LogP contribution in [0.4, 0.5) is 0 Å². The van der Waals surface area contributed by atoms with E-state index in [1.54, 1.807) is 4.40 Å². The first-order chi connectivity index (χ1) is 15.4. The molecule has 2 heterocycles. The SMILES string of the molecule is Cc1cc2nc3s/c(=C\c4cc(Br)cc(Br)c4OCc4ccccc4)c(=O)n3c2cc1C. The van der Waals surface area contributed by atoms with E-state index in [4.69, 9.17) is 4.74 Å². The Morgan fingerprint density at radius 1 is 1.06 bits per heavy atom. The first-order valence-corrected chi connectivity index (χ1v) is 12.4. The van der Waals surface area contributed by atoms with Gasteiger partial charge in [-0.25, -0.2) is 9.38 Å². The zero-order valence-electron chi connectivity index (χ0n) is 17.4. The molecule has 4 nitrogen and oxygen atoms in total. The molecule has 0 saturated carbocycles. The van der Waals surface area contributed by atoms with Crippen molar-refractivity contribution in [3.8, 4) is 5.75 Å². The van der Waals surface area contributed by atoms with Crippen LogP contribution in [-0.2, 0) is 6.61 Å². The van der Waals surface area contributed by atoms with Gasteiger partial charge in [-0.15, -0.1) is 0 Å². The van der Waals surface area contributed by atoms with Gasteiger partial charge in [0.15, 0.2) is 4.96 Å². The highest BCUT2D eigenvalue weighted by Gasteiger charge is 2.14. The van der Waals surface area contributed by atoms with Gasteiger partial charge in [-0.05, 0) is 76.8 Å². The summed E-state index contributed by atoms with van der Waals surface area (Å²) in [6, 6.07) is 18.0. The molecule has 0 amide bonds. The number of thiazole rings is 1. The summed E-state index contributed by atoms with van der Waals surface area (Å²) in [5.74, 6) is 0.693. The number of imidazole rings is 1. The van der Waals surface area contributed by atoms with Gasteiger partial charge in [0.25, 0.3) is 5.56 Å². The fourth-order valence-electron chi connectivity index (χ4n) is 3.63. The fourth-order valence-corrected chi connectivity index (χ4v) is 5.98. The Balaban J connectivity index is 1.63. The molecule has 0 bridgehead atoms. The molecule has 0 spiro atoms. The van der Waals surface area contributed by atoms with E-state index in [1.165, 1.54) is 16.9 Å². The van der Waals surface area contributed by atoms with Crippen molar-refractivity contribution < 1.29 is 4.74 Å². The van der Waals surface area contributed by atoms with Gasteiger partial charge in [0, 0.05) is 10.0 Å². The van der Waals surface area contributed by atoms with Gasteiger partial charge in [0.2, 0.25) is 0 Å². The molecule has 7 heteroatoms. The zero-order chi connectivity index (χ0) is 22.4. The highest BCUT2D eigenvalue weighted by atomic mass is 79.9. The van der Waals surface area contributed by atoms with Crippen molar-refractivity contribution in [1.82, 2.24) is 9.38 Å². The molecule has 0 N–H and O–H groups in total. The van der Waals surface area contributed by atoms with Crippen LogP contribution in [0.15, 0.2) is 68.3 Å². The van der Waals surface area contributed by atoms with Crippen LogP contribution >= 0.6 is 43.2 Å². The summed E-state index contributed by atoms with van der Waals surface area (Å²) >= 11 is 8.55. The zero-order valence-corrected chi connectivity index (χ0v) is 21.3. The van der Waals surface area contributed by atoms with Gasteiger partial charge >= 0.3 is 0 Å². The molecule has 0 aliphatic rings. The molecule has 0 unspecified atom stereocenters. The molecule has 32 heavy (non-hydrogen) atoms. The Hall–Kier alpha value is -2.48. The minimum atomic E-state index is -0.0686. The molecule has 160 valence electrons. The van der Waals surface area contributed by atoms with Gasteiger partial charge in [0.1, 0.15) is 12.4 Å². The van der Waals surface area contributed by atoms with E-state index in [2.05, 4.69) is 43.8 Å². The van der Waals surface area contributed by atoms with Gasteiger partial charge in [-0.3, -0.25) is 4.79 Å². The minimum absolute atomic E-state index is 0.0686. The fraction of sp³-hybridized carbons (Fsp3) is 0.120. The van der Waals surface area contributed by atoms with Crippen LogP contribution in [0.1, 0.15) is 22.3 Å². The number of aromatic nitrogens is 2. The third kappa shape index (κ3) is 3.89. The van der Waals surface area contributed by atoms with E-state index in [1.807, 2.05) is 67.6 Å². The Morgan fingerprint density at radius 2 is 1.81 bits per heavy atom. The summed E-state index contributed by atoms with van der Waals surface area (Å²) in [6.07, 6.45) is 1.88. The van der Waals surface area contributed by atoms with E-state index >= 15 is 0 Å². The first-order valence-electron chi connectivity index (χ1n) is 10.0. The Bertz CT molecular complexity index is 1590. The second kappa shape index (κ2) is 8.46. The molecule has 0 atom stereocenters. The van der Waals surface area contributed by atoms with Crippen molar-refractivity contribution in [3.63, 3.8) is 0 Å². The maximum absolute atomic E-state index is 13.3. The number of fused-ring (bicyclic) bond motifs is 3. The standard InChI is InChI=1S/C25H18Br2N2O2S/c1-14-8-20-21(9-15(14)2)29-24(30)22(32-25(29)28-20)11-17-10-18(26)12-19(27)23(17)31-13-16-6-4-3-5-7-16/h3-12H,13H2,1-2H3/b22-11-. The molecule has 5 aromatic rings. The summed E-state index contributed by atoms with van der Waals surface area (Å²) in [5.41, 5.74) is 5.83. The average molecular weight is 570 g/mol. The maximum atomic E-state index is 13.3. The third-order valence-electron chi connectivity index (χ3n) is 5.40. The third-order valence-corrected chi connectivity index (χ3v) is 7.42. The van der Waals surface area contributed by atoms with Gasteiger partial charge < -0.3 is 4.74 Å². The lowest BCUT2D eigenvalue weighted by molar-refractivity contribution is 0.303. The normalized spacial score (nSPS) is 12.2. The minimum Gasteiger partial charge on any atom is -0.487 e. The van der Waals surface area contributed by atoms with Crippen LogP contribution in [0.2, 0.25) is 0 Å². The van der Waals surface area contributed by atoms with Crippen molar-refractivity contribution >= 4 is 65.3 Å². The quantitative estimate of drug-likeness (QED) is 0.260. The molecule has 5 rings (SSSR count). The number of aryl methyl sites for hydroxylation is 2. The molecular formula is C25H18Br2N2O2S. The second-order valence-electron chi connectivity index (χ2n) is 7.65. The molecule has 0 fully saturated rings. The number of hydrogen-bond donors (Lipinski definition) is 0. The topological polar surface area (TPSA) is 43.6 Å². The number of nitrogens with zero attached hydrogens (tertiary/aromatic N) is 2. The Labute approximate surface area is 205 Å². The van der Waals surface area contributed by atoms with Gasteiger partial charge in [-0.2, -0.15) is 0 Å². The van der Waals surface area contributed by atoms with Crippen molar-refractivity contribution in [2.24, 2.45) is 0 Å². The lowest BCUT2D eigenvalue weighted by Crippen LogP contribution is -2.22. The summed E-state index contributed by atoms with van der Waals surface area (Å²) in [6.45, 7) is 4.54. The monoisotopic (exact) mass is 568 g/mol. The number of rotatable bonds is 4. The lowest BCUT2D eigenvalue weighted by atomic mass is 10.1. The van der Waals surface area contributed by atoms with Crippen LogP contribution in [0.5, 0.6) is 5.75 Å². The van der Waals surface area contributed by atoms with E-state index in [0.29, 0.717) is 21.8 Å². The van der Waals surface area contributed by atoms with Crippen LogP contribution in [0, 0.1) is 13.8 Å². The second-order valence-corrected chi connectivity index (χ2v) is 10.4. The van der Waals surface area contributed by atoms with Gasteiger partial charge in [0.05, 0.1) is 20.0 Å². The molecule has 2 aromatic heterocycles. The number of halogens is 2. The summed E-state index contributed by atoms with van der Waals surface area (Å²) < 4.78 is 10.2. The van der Waals surface area contributed by atoms with E-state index in [-0.39, 0.29) is 5.56 Å². The molecule has 0 saturated heterocycles. The van der Waals surface area contributed by atoms with Crippen LogP contribution in [-0.4, -0.2) is 9.38 Å². The highest BCUT2D eigenvalue weighted by molar-refractivity contribution is 9.11. The molecule has 0 radical (unpaired) electrons. The molecule has 3 aromatic carbocycles. The maximum Gasteiger partial charge on any atom is 0.274 e. The van der Waals surface area contributed by atoms with E-state index < -0.39 is 0 Å². The Kier molecular flexibility index (Phi) is 5.65. The van der Waals surface area contributed by atoms with Crippen molar-refractivity contribution in [2.45, 2.75) is 20.5 Å². The summed E-state index contributed by atoms with van der Waals surface area (Å²) in [5, 5.41) is 0. The van der Waals surface area contributed by atoms with Crippen molar-refractivity contribution in [1.29, 1.82) is 0 Å².